The van der Waals surface area contributed by atoms with Crippen LogP contribution in [0.2, 0.25) is 0 Å². The molecule has 2 aliphatic rings. The normalized spacial score (nSPS) is 23.0. The van der Waals surface area contributed by atoms with E-state index in [-0.39, 0.29) is 23.8 Å². The molecule has 0 saturated carbocycles. The summed E-state index contributed by atoms with van der Waals surface area (Å²) in [4.78, 5) is 28.4. The maximum atomic E-state index is 12.5. The Labute approximate surface area is 154 Å². The number of fused-ring (bicyclic) bond motifs is 1. The molecule has 1 fully saturated rings. The van der Waals surface area contributed by atoms with Gasteiger partial charge in [0, 0.05) is 38.4 Å². The smallest absolute Gasteiger partial charge is 0.225 e. The van der Waals surface area contributed by atoms with E-state index in [1.54, 1.807) is 4.90 Å². The van der Waals surface area contributed by atoms with Crippen molar-refractivity contribution in [1.82, 2.24) is 24.6 Å². The zero-order valence-electron chi connectivity index (χ0n) is 16.1. The van der Waals surface area contributed by atoms with Crippen molar-refractivity contribution in [2.45, 2.75) is 65.8 Å². The van der Waals surface area contributed by atoms with Gasteiger partial charge in [-0.05, 0) is 5.92 Å². The Hall–Kier alpha value is -1.96. The lowest BCUT2D eigenvalue weighted by molar-refractivity contribution is -0.135. The van der Waals surface area contributed by atoms with Crippen molar-refractivity contribution < 1.29 is 14.7 Å². The number of β-amino-alcohol motifs (C(OH)–C–C–N with tert-alkyl or cyclic N) is 1. The first-order valence-electron chi connectivity index (χ1n) is 9.46. The lowest BCUT2D eigenvalue weighted by atomic mass is 10.1. The largest absolute Gasteiger partial charge is 0.391 e. The number of aliphatic hydroxyl groups excluding tert-OH is 1. The molecule has 2 aliphatic heterocycles. The summed E-state index contributed by atoms with van der Waals surface area (Å²) >= 11 is 0. The SMILES string of the molecule is CC(C)CC(=O)N1CCn2c(nnc2[C@@H]2C[C@@H](O)CN2C(=O)C(C)C)C1. The standard InChI is InChI=1S/C18H29N5O3/c1-11(2)7-16(25)21-5-6-22-15(10-21)19-20-17(22)14-8-13(24)9-23(14)18(26)12(3)4/h11-14,24H,5-10H2,1-4H3/t13-,14+/m1/s1. The minimum atomic E-state index is -0.539. The van der Waals surface area contributed by atoms with Crippen LogP contribution in [-0.2, 0) is 22.7 Å². The number of likely N-dealkylation sites (tertiary alicyclic amines) is 1. The van der Waals surface area contributed by atoms with Crippen molar-refractivity contribution in [1.29, 1.82) is 0 Å². The molecule has 0 bridgehead atoms. The summed E-state index contributed by atoms with van der Waals surface area (Å²) in [5.74, 6) is 1.84. The summed E-state index contributed by atoms with van der Waals surface area (Å²) in [6.07, 6.45) is 0.474. The topological polar surface area (TPSA) is 91.6 Å². The van der Waals surface area contributed by atoms with Gasteiger partial charge in [0.15, 0.2) is 11.6 Å². The van der Waals surface area contributed by atoms with Crippen LogP contribution in [0.25, 0.3) is 0 Å². The summed E-state index contributed by atoms with van der Waals surface area (Å²) in [7, 11) is 0. The Kier molecular flexibility index (Phi) is 5.32. The molecule has 2 amide bonds. The molecule has 1 saturated heterocycles. The fourth-order valence-electron chi connectivity index (χ4n) is 3.75. The number of nitrogens with zero attached hydrogens (tertiary/aromatic N) is 5. The van der Waals surface area contributed by atoms with Gasteiger partial charge in [-0.2, -0.15) is 0 Å². The number of aromatic nitrogens is 3. The van der Waals surface area contributed by atoms with E-state index in [0.717, 1.165) is 11.6 Å². The van der Waals surface area contributed by atoms with Crippen LogP contribution in [0.1, 0.15) is 58.2 Å². The Morgan fingerprint density at radius 1 is 1.19 bits per heavy atom. The van der Waals surface area contributed by atoms with Gasteiger partial charge < -0.3 is 19.5 Å². The maximum absolute atomic E-state index is 12.5. The summed E-state index contributed by atoms with van der Waals surface area (Å²) in [5, 5.41) is 18.7. The van der Waals surface area contributed by atoms with Crippen LogP contribution >= 0.6 is 0 Å². The van der Waals surface area contributed by atoms with Gasteiger partial charge in [-0.1, -0.05) is 27.7 Å². The molecular formula is C18H29N5O3. The third-order valence-electron chi connectivity index (χ3n) is 5.07. The Morgan fingerprint density at radius 2 is 1.92 bits per heavy atom. The van der Waals surface area contributed by atoms with E-state index in [1.165, 1.54) is 0 Å². The van der Waals surface area contributed by atoms with Gasteiger partial charge in [0.05, 0.1) is 18.7 Å². The van der Waals surface area contributed by atoms with Crippen molar-refractivity contribution >= 4 is 11.8 Å². The first-order chi connectivity index (χ1) is 12.3. The number of amides is 2. The monoisotopic (exact) mass is 363 g/mol. The molecule has 1 N–H and O–H groups in total. The van der Waals surface area contributed by atoms with Crippen LogP contribution in [0.5, 0.6) is 0 Å². The molecular weight excluding hydrogens is 334 g/mol. The predicted molar refractivity (Wildman–Crippen MR) is 94.8 cm³/mol. The Morgan fingerprint density at radius 3 is 2.58 bits per heavy atom. The van der Waals surface area contributed by atoms with Crippen molar-refractivity contribution in [2.24, 2.45) is 11.8 Å². The third-order valence-corrected chi connectivity index (χ3v) is 5.07. The van der Waals surface area contributed by atoms with E-state index >= 15 is 0 Å². The van der Waals surface area contributed by atoms with Crippen LogP contribution in [0.15, 0.2) is 0 Å². The second kappa shape index (κ2) is 7.34. The summed E-state index contributed by atoms with van der Waals surface area (Å²) in [5.41, 5.74) is 0. The van der Waals surface area contributed by atoms with E-state index in [0.29, 0.717) is 44.9 Å². The number of rotatable bonds is 4. The third kappa shape index (κ3) is 3.60. The van der Waals surface area contributed by atoms with Gasteiger partial charge in [0.25, 0.3) is 0 Å². The molecule has 8 heteroatoms. The number of carbonyl (C=O) groups excluding carboxylic acids is 2. The molecule has 0 radical (unpaired) electrons. The first-order valence-corrected chi connectivity index (χ1v) is 9.46. The molecule has 3 heterocycles. The molecule has 0 unspecified atom stereocenters. The van der Waals surface area contributed by atoms with E-state index in [4.69, 9.17) is 0 Å². The van der Waals surface area contributed by atoms with Gasteiger partial charge in [-0.25, -0.2) is 0 Å². The second-order valence-corrected chi connectivity index (χ2v) is 8.09. The van der Waals surface area contributed by atoms with Crippen molar-refractivity contribution in [3.05, 3.63) is 11.6 Å². The molecule has 3 rings (SSSR count). The van der Waals surface area contributed by atoms with Crippen LogP contribution in [0.4, 0.5) is 0 Å². The van der Waals surface area contributed by atoms with Gasteiger partial charge in [-0.3, -0.25) is 9.59 Å². The first kappa shape index (κ1) is 18.8. The average Bonchev–Trinajstić information content (AvgIpc) is 3.15. The van der Waals surface area contributed by atoms with Crippen molar-refractivity contribution in [2.75, 3.05) is 13.1 Å². The Balaban J connectivity index is 1.79. The van der Waals surface area contributed by atoms with Crippen LogP contribution in [0, 0.1) is 11.8 Å². The molecule has 26 heavy (non-hydrogen) atoms. The highest BCUT2D eigenvalue weighted by atomic mass is 16.3. The quantitative estimate of drug-likeness (QED) is 0.860. The molecule has 2 atom stereocenters. The summed E-state index contributed by atoms with van der Waals surface area (Å²) < 4.78 is 2.02. The lowest BCUT2D eigenvalue weighted by Crippen LogP contribution is -2.40. The highest BCUT2D eigenvalue weighted by Gasteiger charge is 2.40. The average molecular weight is 363 g/mol. The molecule has 0 aliphatic carbocycles. The van der Waals surface area contributed by atoms with Gasteiger partial charge in [0.1, 0.15) is 0 Å². The number of aliphatic hydroxyl groups is 1. The van der Waals surface area contributed by atoms with Crippen molar-refractivity contribution in [3.8, 4) is 0 Å². The van der Waals surface area contributed by atoms with E-state index in [2.05, 4.69) is 10.2 Å². The van der Waals surface area contributed by atoms with E-state index in [9.17, 15) is 14.7 Å². The molecule has 1 aromatic rings. The van der Waals surface area contributed by atoms with E-state index < -0.39 is 6.10 Å². The molecule has 1 aromatic heterocycles. The van der Waals surface area contributed by atoms with Crippen molar-refractivity contribution in [3.63, 3.8) is 0 Å². The molecule has 144 valence electrons. The minimum Gasteiger partial charge on any atom is -0.391 e. The highest BCUT2D eigenvalue weighted by Crippen LogP contribution is 2.33. The number of carbonyl (C=O) groups is 2. The highest BCUT2D eigenvalue weighted by molar-refractivity contribution is 5.79. The Bertz CT molecular complexity index is 684. The van der Waals surface area contributed by atoms with Gasteiger partial charge in [-0.15, -0.1) is 10.2 Å². The van der Waals surface area contributed by atoms with Crippen LogP contribution < -0.4 is 0 Å². The number of hydrogen-bond acceptors (Lipinski definition) is 5. The lowest BCUT2D eigenvalue weighted by Gasteiger charge is -2.30. The number of hydrogen-bond donors (Lipinski definition) is 1. The summed E-state index contributed by atoms with van der Waals surface area (Å²) in [6.45, 7) is 9.83. The zero-order valence-corrected chi connectivity index (χ0v) is 16.1. The van der Waals surface area contributed by atoms with Gasteiger partial charge >= 0.3 is 0 Å². The minimum absolute atomic E-state index is 0.0217. The van der Waals surface area contributed by atoms with Crippen LogP contribution in [-0.4, -0.2) is 60.7 Å². The zero-order chi connectivity index (χ0) is 19.0. The summed E-state index contributed by atoms with van der Waals surface area (Å²) in [6, 6.07) is -0.251. The molecule has 0 spiro atoms. The second-order valence-electron chi connectivity index (χ2n) is 8.09. The maximum Gasteiger partial charge on any atom is 0.225 e. The predicted octanol–water partition coefficient (Wildman–Crippen LogP) is 0.957. The fourth-order valence-corrected chi connectivity index (χ4v) is 3.75. The van der Waals surface area contributed by atoms with E-state index in [1.807, 2.05) is 37.2 Å². The molecule has 8 nitrogen and oxygen atoms in total. The molecule has 0 aromatic carbocycles. The van der Waals surface area contributed by atoms with Gasteiger partial charge in [0.2, 0.25) is 11.8 Å². The van der Waals surface area contributed by atoms with Crippen LogP contribution in [0.3, 0.4) is 0 Å². The fraction of sp³-hybridized carbons (Fsp3) is 0.778.